The zero-order valence-electron chi connectivity index (χ0n) is 9.73. The highest BCUT2D eigenvalue weighted by molar-refractivity contribution is 6.42. The van der Waals surface area contributed by atoms with Crippen LogP contribution in [0.2, 0.25) is 10.0 Å². The molecular weight excluding hydrogens is 271 g/mol. The van der Waals surface area contributed by atoms with Gasteiger partial charge in [-0.3, -0.25) is 4.98 Å². The molecule has 0 radical (unpaired) electrons. The molecule has 0 saturated heterocycles. The number of methoxy groups -OCH3 is 1. The highest BCUT2D eigenvalue weighted by atomic mass is 35.5. The van der Waals surface area contributed by atoms with Crippen molar-refractivity contribution in [2.45, 2.75) is 6.04 Å². The van der Waals surface area contributed by atoms with Crippen molar-refractivity contribution in [2.24, 2.45) is 5.73 Å². The van der Waals surface area contributed by atoms with Crippen molar-refractivity contribution in [3.63, 3.8) is 0 Å². The van der Waals surface area contributed by atoms with E-state index in [1.807, 2.05) is 18.2 Å². The number of hydrogen-bond donors (Lipinski definition) is 1. The number of benzene rings is 1. The van der Waals surface area contributed by atoms with E-state index in [9.17, 15) is 0 Å². The van der Waals surface area contributed by atoms with Crippen molar-refractivity contribution in [2.75, 3.05) is 7.11 Å². The van der Waals surface area contributed by atoms with Crippen LogP contribution in [0, 0.1) is 0 Å². The second-order valence-electron chi connectivity index (χ2n) is 3.78. The van der Waals surface area contributed by atoms with Gasteiger partial charge in [-0.25, -0.2) is 0 Å². The van der Waals surface area contributed by atoms with Crippen molar-refractivity contribution >= 4 is 23.2 Å². The van der Waals surface area contributed by atoms with E-state index < -0.39 is 6.04 Å². The third-order valence-corrected chi connectivity index (χ3v) is 3.48. The van der Waals surface area contributed by atoms with Gasteiger partial charge in [0, 0.05) is 6.20 Å². The fourth-order valence-electron chi connectivity index (χ4n) is 1.66. The molecule has 5 heteroatoms. The van der Waals surface area contributed by atoms with Crippen molar-refractivity contribution in [1.82, 2.24) is 4.98 Å². The Kier molecular flexibility index (Phi) is 4.07. The summed E-state index contributed by atoms with van der Waals surface area (Å²) in [5.41, 5.74) is 7.75. The molecule has 0 amide bonds. The van der Waals surface area contributed by atoms with Gasteiger partial charge >= 0.3 is 0 Å². The molecule has 0 aliphatic heterocycles. The molecular formula is C13H12Cl2N2O. The minimum Gasteiger partial charge on any atom is -0.495 e. The average molecular weight is 283 g/mol. The normalized spacial score (nSPS) is 12.2. The van der Waals surface area contributed by atoms with Crippen molar-refractivity contribution < 1.29 is 4.74 Å². The Labute approximate surface area is 115 Å². The number of pyridine rings is 1. The molecule has 0 aliphatic carbocycles. The summed E-state index contributed by atoms with van der Waals surface area (Å²) in [5.74, 6) is 0.654. The van der Waals surface area contributed by atoms with Crippen LogP contribution in [0.15, 0.2) is 36.7 Å². The zero-order chi connectivity index (χ0) is 13.1. The summed E-state index contributed by atoms with van der Waals surface area (Å²) in [6, 6.07) is 6.83. The summed E-state index contributed by atoms with van der Waals surface area (Å²) in [6.07, 6.45) is 3.31. The molecule has 94 valence electrons. The van der Waals surface area contributed by atoms with Gasteiger partial charge in [0.1, 0.15) is 5.75 Å². The zero-order valence-corrected chi connectivity index (χ0v) is 11.2. The van der Waals surface area contributed by atoms with Crippen LogP contribution in [0.4, 0.5) is 0 Å². The van der Waals surface area contributed by atoms with E-state index in [0.29, 0.717) is 15.8 Å². The number of nitrogens with two attached hydrogens (primary N) is 1. The van der Waals surface area contributed by atoms with Crippen molar-refractivity contribution in [3.8, 4) is 5.75 Å². The van der Waals surface area contributed by atoms with Gasteiger partial charge in [-0.05, 0) is 23.3 Å². The van der Waals surface area contributed by atoms with Gasteiger partial charge in [0.2, 0.25) is 0 Å². The van der Waals surface area contributed by atoms with Crippen LogP contribution in [0.3, 0.4) is 0 Å². The second-order valence-corrected chi connectivity index (χ2v) is 4.56. The summed E-state index contributed by atoms with van der Waals surface area (Å²) in [4.78, 5) is 4.07. The van der Waals surface area contributed by atoms with Crippen molar-refractivity contribution in [1.29, 1.82) is 0 Å². The third-order valence-electron chi connectivity index (χ3n) is 2.65. The highest BCUT2D eigenvalue weighted by Crippen LogP contribution is 2.32. The fraction of sp³-hybridized carbons (Fsp3) is 0.154. The van der Waals surface area contributed by atoms with Crippen LogP contribution in [0.1, 0.15) is 17.2 Å². The van der Waals surface area contributed by atoms with E-state index in [0.717, 1.165) is 11.1 Å². The van der Waals surface area contributed by atoms with Crippen LogP contribution >= 0.6 is 23.2 Å². The Hall–Kier alpha value is -1.29. The third kappa shape index (κ3) is 2.58. The number of ether oxygens (including phenoxy) is 1. The molecule has 0 spiro atoms. The van der Waals surface area contributed by atoms with Gasteiger partial charge in [-0.1, -0.05) is 35.3 Å². The molecule has 0 bridgehead atoms. The highest BCUT2D eigenvalue weighted by Gasteiger charge is 2.15. The maximum Gasteiger partial charge on any atom is 0.137 e. The maximum atomic E-state index is 6.17. The largest absolute Gasteiger partial charge is 0.495 e. The minimum absolute atomic E-state index is 0.390. The molecule has 2 aromatic rings. The lowest BCUT2D eigenvalue weighted by atomic mass is 10.0. The van der Waals surface area contributed by atoms with E-state index in [1.165, 1.54) is 0 Å². The van der Waals surface area contributed by atoms with E-state index in [1.54, 1.807) is 25.6 Å². The Morgan fingerprint density at radius 1 is 1.28 bits per heavy atom. The lowest BCUT2D eigenvalue weighted by Crippen LogP contribution is -2.13. The van der Waals surface area contributed by atoms with E-state index in [-0.39, 0.29) is 0 Å². The van der Waals surface area contributed by atoms with E-state index >= 15 is 0 Å². The lowest BCUT2D eigenvalue weighted by molar-refractivity contribution is 0.412. The SMILES string of the molecule is COc1cncc(C(N)c2cccc(Cl)c2Cl)c1. The molecule has 18 heavy (non-hydrogen) atoms. The molecule has 1 aromatic heterocycles. The lowest BCUT2D eigenvalue weighted by Gasteiger charge is -2.15. The molecule has 0 saturated carbocycles. The summed E-state index contributed by atoms with van der Waals surface area (Å²) in [7, 11) is 1.58. The molecule has 3 nitrogen and oxygen atoms in total. The van der Waals surface area contributed by atoms with Gasteiger partial charge in [0.05, 0.1) is 29.4 Å². The first-order valence-electron chi connectivity index (χ1n) is 5.32. The number of hydrogen-bond acceptors (Lipinski definition) is 3. The van der Waals surface area contributed by atoms with Gasteiger partial charge in [-0.15, -0.1) is 0 Å². The quantitative estimate of drug-likeness (QED) is 0.938. The molecule has 1 aromatic carbocycles. The number of rotatable bonds is 3. The van der Waals surface area contributed by atoms with E-state index in [2.05, 4.69) is 4.98 Å². The molecule has 1 atom stereocenters. The van der Waals surface area contributed by atoms with Gasteiger partial charge in [0.25, 0.3) is 0 Å². The summed E-state index contributed by atoms with van der Waals surface area (Å²) in [6.45, 7) is 0. The van der Waals surface area contributed by atoms with Crippen LogP contribution in [-0.4, -0.2) is 12.1 Å². The van der Waals surface area contributed by atoms with Crippen LogP contribution in [-0.2, 0) is 0 Å². The predicted octanol–water partition coefficient (Wildman–Crippen LogP) is 3.45. The Morgan fingerprint density at radius 2 is 2.06 bits per heavy atom. The van der Waals surface area contributed by atoms with Gasteiger partial charge in [0.15, 0.2) is 0 Å². The van der Waals surface area contributed by atoms with Crippen LogP contribution in [0.25, 0.3) is 0 Å². The number of halogens is 2. The molecule has 2 rings (SSSR count). The van der Waals surface area contributed by atoms with Gasteiger partial charge < -0.3 is 10.5 Å². The minimum atomic E-state index is -0.390. The molecule has 1 heterocycles. The Bertz CT molecular complexity index is 560. The van der Waals surface area contributed by atoms with E-state index in [4.69, 9.17) is 33.7 Å². The Balaban J connectivity index is 2.41. The number of nitrogens with zero attached hydrogens (tertiary/aromatic N) is 1. The topological polar surface area (TPSA) is 48.1 Å². The first-order valence-corrected chi connectivity index (χ1v) is 6.07. The predicted molar refractivity (Wildman–Crippen MR) is 73.3 cm³/mol. The summed E-state index contributed by atoms with van der Waals surface area (Å²) < 4.78 is 5.12. The molecule has 1 unspecified atom stereocenters. The maximum absolute atomic E-state index is 6.17. The Morgan fingerprint density at radius 3 is 2.78 bits per heavy atom. The van der Waals surface area contributed by atoms with Crippen LogP contribution in [0.5, 0.6) is 5.75 Å². The molecule has 2 N–H and O–H groups in total. The van der Waals surface area contributed by atoms with Gasteiger partial charge in [-0.2, -0.15) is 0 Å². The first kappa shape index (κ1) is 13.1. The molecule has 0 aliphatic rings. The standard InChI is InChI=1S/C13H12Cl2N2O/c1-18-9-5-8(6-17-7-9)13(16)10-3-2-4-11(14)12(10)15/h2-7,13H,16H2,1H3. The monoisotopic (exact) mass is 282 g/mol. The smallest absolute Gasteiger partial charge is 0.137 e. The fourth-order valence-corrected chi connectivity index (χ4v) is 2.08. The average Bonchev–Trinajstić information content (AvgIpc) is 2.41. The van der Waals surface area contributed by atoms with Crippen molar-refractivity contribution in [3.05, 3.63) is 57.8 Å². The summed E-state index contributed by atoms with van der Waals surface area (Å²) in [5, 5.41) is 0.954. The molecule has 0 fully saturated rings. The summed E-state index contributed by atoms with van der Waals surface area (Å²) >= 11 is 12.1. The number of aromatic nitrogens is 1. The first-order chi connectivity index (χ1) is 8.63. The second kappa shape index (κ2) is 5.57. The van der Waals surface area contributed by atoms with Crippen LogP contribution < -0.4 is 10.5 Å².